The van der Waals surface area contributed by atoms with Gasteiger partial charge in [0.25, 0.3) is 11.1 Å². The molecule has 0 spiro atoms. The summed E-state index contributed by atoms with van der Waals surface area (Å²) in [5, 5.41) is 14.3. The number of nitrogens with zero attached hydrogens (tertiary/aromatic N) is 10. The third-order valence-corrected chi connectivity index (χ3v) is 8.27. The lowest BCUT2D eigenvalue weighted by molar-refractivity contribution is 0.618. The van der Waals surface area contributed by atoms with Gasteiger partial charge in [0, 0.05) is 12.4 Å². The van der Waals surface area contributed by atoms with Crippen molar-refractivity contribution in [3.8, 4) is 11.4 Å². The Morgan fingerprint density at radius 3 is 2.15 bits per heavy atom. The number of nitrogen functional groups attached to an aromatic ring is 1. The van der Waals surface area contributed by atoms with Gasteiger partial charge in [0.1, 0.15) is 39.2 Å². The number of aryl methyl sites for hydroxylation is 2. The van der Waals surface area contributed by atoms with Crippen molar-refractivity contribution in [3.05, 3.63) is 139 Å². The Balaban J connectivity index is 0.000000169. The topological polar surface area (TPSA) is 148 Å². The van der Waals surface area contributed by atoms with Gasteiger partial charge in [0.15, 0.2) is 11.5 Å². The van der Waals surface area contributed by atoms with Crippen LogP contribution in [-0.2, 0) is 6.54 Å². The van der Waals surface area contributed by atoms with Gasteiger partial charge in [0.05, 0.1) is 16.8 Å². The second kappa shape index (κ2) is 11.7. The summed E-state index contributed by atoms with van der Waals surface area (Å²) in [6.07, 6.45) is 4.97. The lowest BCUT2D eigenvalue weighted by Crippen LogP contribution is -2.28. The van der Waals surface area contributed by atoms with E-state index >= 15 is 0 Å². The van der Waals surface area contributed by atoms with Crippen molar-refractivity contribution in [2.24, 2.45) is 0 Å². The number of aromatic nitrogens is 10. The molecule has 46 heavy (non-hydrogen) atoms. The highest BCUT2D eigenvalue weighted by molar-refractivity contribution is 14.1. The number of anilines is 1. The molecule has 0 atom stereocenters. The molecule has 0 amide bonds. The number of fused-ring (bicyclic) bond motifs is 3. The number of benzene rings is 2. The highest BCUT2D eigenvalue weighted by atomic mass is 127. The van der Waals surface area contributed by atoms with Crippen molar-refractivity contribution >= 4 is 50.5 Å². The SMILES string of the molecule is Cc1ccn2nc(Cn3nc(I)c4c(N)ncnc43)n(-c3ccccc3)c(=O)c12.Cc1nn2cccc2c(=O)n1-c1ccccc1. The second-order valence-electron chi connectivity index (χ2n) is 10.5. The first kappa shape index (κ1) is 29.1. The Kier molecular flexibility index (Phi) is 7.40. The molecule has 228 valence electrons. The molecular weight excluding hydrogens is 697 g/mol. The minimum Gasteiger partial charge on any atom is -0.383 e. The summed E-state index contributed by atoms with van der Waals surface area (Å²) in [7, 11) is 0. The Bertz CT molecular complexity index is 2490. The molecule has 0 aliphatic heterocycles. The molecule has 0 radical (unpaired) electrons. The third kappa shape index (κ3) is 5.01. The van der Waals surface area contributed by atoms with Crippen LogP contribution in [0.25, 0.3) is 33.4 Å². The van der Waals surface area contributed by atoms with Crippen LogP contribution in [0.4, 0.5) is 5.82 Å². The molecule has 0 aliphatic rings. The van der Waals surface area contributed by atoms with Crippen LogP contribution in [-0.4, -0.2) is 48.1 Å². The predicted octanol–water partition coefficient (Wildman–Crippen LogP) is 3.96. The molecule has 13 nitrogen and oxygen atoms in total. The van der Waals surface area contributed by atoms with Gasteiger partial charge in [-0.15, -0.1) is 0 Å². The number of nitrogens with two attached hydrogens (primary N) is 1. The summed E-state index contributed by atoms with van der Waals surface area (Å²) in [6, 6.07) is 24.5. The number of para-hydroxylation sites is 2. The smallest absolute Gasteiger partial charge is 0.282 e. The van der Waals surface area contributed by atoms with E-state index in [-0.39, 0.29) is 17.7 Å². The molecule has 0 aliphatic carbocycles. The predicted molar refractivity (Wildman–Crippen MR) is 183 cm³/mol. The maximum Gasteiger partial charge on any atom is 0.282 e. The second-order valence-corrected chi connectivity index (χ2v) is 11.5. The van der Waals surface area contributed by atoms with E-state index in [1.54, 1.807) is 41.3 Å². The quantitative estimate of drug-likeness (QED) is 0.269. The summed E-state index contributed by atoms with van der Waals surface area (Å²) in [4.78, 5) is 34.1. The van der Waals surface area contributed by atoms with E-state index in [9.17, 15) is 9.59 Å². The van der Waals surface area contributed by atoms with Crippen LogP contribution in [0.2, 0.25) is 0 Å². The van der Waals surface area contributed by atoms with Gasteiger partial charge in [-0.05, 0) is 84.5 Å². The summed E-state index contributed by atoms with van der Waals surface area (Å²) in [5.41, 5.74) is 10.00. The number of rotatable bonds is 4. The zero-order chi connectivity index (χ0) is 31.9. The average Bonchev–Trinajstić information content (AvgIpc) is 3.76. The molecule has 6 aromatic heterocycles. The lowest BCUT2D eigenvalue weighted by Gasteiger charge is -2.13. The highest BCUT2D eigenvalue weighted by Gasteiger charge is 2.19. The van der Waals surface area contributed by atoms with Crippen LogP contribution in [0.5, 0.6) is 0 Å². The Labute approximate surface area is 274 Å². The molecule has 6 heterocycles. The van der Waals surface area contributed by atoms with Crippen molar-refractivity contribution in [1.29, 1.82) is 0 Å². The van der Waals surface area contributed by atoms with Gasteiger partial charge in [-0.25, -0.2) is 23.7 Å². The molecule has 0 saturated heterocycles. The average molecular weight is 724 g/mol. The first-order valence-electron chi connectivity index (χ1n) is 14.2. The van der Waals surface area contributed by atoms with Crippen molar-refractivity contribution in [2.45, 2.75) is 20.4 Å². The van der Waals surface area contributed by atoms with Crippen molar-refractivity contribution in [1.82, 2.24) is 48.1 Å². The largest absolute Gasteiger partial charge is 0.383 e. The highest BCUT2D eigenvalue weighted by Crippen LogP contribution is 2.23. The van der Waals surface area contributed by atoms with Gasteiger partial charge in [-0.2, -0.15) is 15.3 Å². The van der Waals surface area contributed by atoms with Crippen molar-refractivity contribution < 1.29 is 0 Å². The molecule has 0 bridgehead atoms. The van der Waals surface area contributed by atoms with Gasteiger partial charge in [-0.3, -0.25) is 18.7 Å². The summed E-state index contributed by atoms with van der Waals surface area (Å²) in [6.45, 7) is 3.97. The molecule has 14 heteroatoms. The Morgan fingerprint density at radius 2 is 1.43 bits per heavy atom. The third-order valence-electron chi connectivity index (χ3n) is 7.52. The van der Waals surface area contributed by atoms with E-state index in [4.69, 9.17) is 10.8 Å². The van der Waals surface area contributed by atoms with E-state index in [0.717, 1.165) is 16.9 Å². The van der Waals surface area contributed by atoms with Crippen molar-refractivity contribution in [3.63, 3.8) is 0 Å². The Morgan fingerprint density at radius 1 is 0.739 bits per heavy atom. The summed E-state index contributed by atoms with van der Waals surface area (Å²) in [5.74, 6) is 1.57. The first-order chi connectivity index (χ1) is 22.3. The van der Waals surface area contributed by atoms with Crippen LogP contribution in [0, 0.1) is 17.5 Å². The van der Waals surface area contributed by atoms with Crippen molar-refractivity contribution in [2.75, 3.05) is 5.73 Å². The van der Waals surface area contributed by atoms with Crippen LogP contribution < -0.4 is 16.9 Å². The first-order valence-corrected chi connectivity index (χ1v) is 15.3. The fourth-order valence-electron chi connectivity index (χ4n) is 5.41. The van der Waals surface area contributed by atoms with Crippen LogP contribution in [0.1, 0.15) is 17.2 Å². The maximum atomic E-state index is 13.4. The number of halogens is 1. The minimum atomic E-state index is -0.135. The molecule has 2 N–H and O–H groups in total. The monoisotopic (exact) mass is 723 g/mol. The number of hydrogen-bond donors (Lipinski definition) is 1. The summed E-state index contributed by atoms with van der Waals surface area (Å²) < 4.78 is 8.85. The van der Waals surface area contributed by atoms with E-state index in [0.29, 0.717) is 43.2 Å². The zero-order valence-corrected chi connectivity index (χ0v) is 26.8. The Hall–Kier alpha value is -5.64. The molecule has 0 unspecified atom stereocenters. The zero-order valence-electron chi connectivity index (χ0n) is 24.7. The molecule has 8 rings (SSSR count). The number of hydrogen-bond acceptors (Lipinski definition) is 8. The normalized spacial score (nSPS) is 11.3. The van der Waals surface area contributed by atoms with Gasteiger partial charge in [-0.1, -0.05) is 36.4 Å². The van der Waals surface area contributed by atoms with E-state index in [2.05, 4.69) is 42.8 Å². The maximum absolute atomic E-state index is 13.4. The van der Waals surface area contributed by atoms with Crippen LogP contribution >= 0.6 is 22.6 Å². The fourth-order valence-corrected chi connectivity index (χ4v) is 6.19. The van der Waals surface area contributed by atoms with Gasteiger partial charge >= 0.3 is 0 Å². The van der Waals surface area contributed by atoms with E-state index in [1.807, 2.05) is 86.6 Å². The minimum absolute atomic E-state index is 0.0475. The van der Waals surface area contributed by atoms with Crippen LogP contribution in [0.3, 0.4) is 0 Å². The summed E-state index contributed by atoms with van der Waals surface area (Å²) >= 11 is 2.11. The van der Waals surface area contributed by atoms with Gasteiger partial charge in [0.2, 0.25) is 0 Å². The lowest BCUT2D eigenvalue weighted by atomic mass is 10.3. The molecule has 8 aromatic rings. The van der Waals surface area contributed by atoms with E-state index < -0.39 is 0 Å². The molecular formula is C32H26IN11O2. The standard InChI is InChI=1S/C19H15IN8O.C13H11N3O/c1-11-7-8-26-15(11)19(29)28(12-5-3-2-4-6-12)13(24-26)9-27-18-14(16(20)25-27)17(21)22-10-23-18;1-10-14-15-9-5-8-12(15)13(17)16(10)11-6-3-2-4-7-11/h2-8,10H,9H2,1H3,(H2,21,22,23);2-9H,1H3. The molecule has 0 saturated carbocycles. The molecule has 2 aromatic carbocycles. The van der Waals surface area contributed by atoms with Gasteiger partial charge < -0.3 is 5.73 Å². The van der Waals surface area contributed by atoms with Crippen LogP contribution in [0.15, 0.2) is 107 Å². The van der Waals surface area contributed by atoms with E-state index in [1.165, 1.54) is 6.33 Å². The fraction of sp³-hybridized carbons (Fsp3) is 0.0938. The molecule has 0 fully saturated rings.